The second-order valence-electron chi connectivity index (χ2n) is 6.28. The Kier molecular flexibility index (Phi) is 4.82. The van der Waals surface area contributed by atoms with Crippen LogP contribution in [0, 0.1) is 0 Å². The Hall–Kier alpha value is -3.60. The molecule has 4 aromatic rings. The third kappa shape index (κ3) is 3.54. The van der Waals surface area contributed by atoms with Crippen molar-refractivity contribution in [3.8, 4) is 11.4 Å². The van der Waals surface area contributed by atoms with Gasteiger partial charge in [0.05, 0.1) is 22.0 Å². The number of para-hydroxylation sites is 1. The molecule has 2 aromatic carbocycles. The highest BCUT2D eigenvalue weighted by molar-refractivity contribution is 7.13. The van der Waals surface area contributed by atoms with Crippen molar-refractivity contribution in [3.63, 3.8) is 0 Å². The predicted molar refractivity (Wildman–Crippen MR) is 105 cm³/mol. The third-order valence-corrected chi connectivity index (χ3v) is 4.99. The standard InChI is InChI=1S/C19H12F3N5O2S/c1-27-15(10-4-2-5-11(8-10)19(20,21)22)24-14-12(6-3-7-13(14)17(27)29)16(28)25-18-26-23-9-30-18/h2-9H,1H3,(H,25,26,28). The molecule has 0 fully saturated rings. The summed E-state index contributed by atoms with van der Waals surface area (Å²) in [4.78, 5) is 29.9. The molecule has 0 aliphatic rings. The Morgan fingerprint density at radius 3 is 2.63 bits per heavy atom. The zero-order valence-electron chi connectivity index (χ0n) is 15.3. The van der Waals surface area contributed by atoms with Crippen LogP contribution in [-0.2, 0) is 13.2 Å². The van der Waals surface area contributed by atoms with Crippen LogP contribution in [0.1, 0.15) is 15.9 Å². The second-order valence-corrected chi connectivity index (χ2v) is 7.11. The van der Waals surface area contributed by atoms with Gasteiger partial charge in [-0.15, -0.1) is 10.2 Å². The monoisotopic (exact) mass is 431 g/mol. The Labute approximate surface area is 170 Å². The minimum absolute atomic E-state index is 0.00904. The van der Waals surface area contributed by atoms with E-state index in [1.807, 2.05) is 0 Å². The van der Waals surface area contributed by atoms with Gasteiger partial charge in [-0.3, -0.25) is 19.5 Å². The average Bonchev–Trinajstić information content (AvgIpc) is 3.22. The van der Waals surface area contributed by atoms with E-state index in [1.165, 1.54) is 42.9 Å². The summed E-state index contributed by atoms with van der Waals surface area (Å²) in [5, 5.41) is 10.4. The summed E-state index contributed by atoms with van der Waals surface area (Å²) in [7, 11) is 1.42. The Balaban J connectivity index is 1.90. The molecular weight excluding hydrogens is 419 g/mol. The van der Waals surface area contributed by atoms with Gasteiger partial charge in [0.1, 0.15) is 11.3 Å². The van der Waals surface area contributed by atoms with Gasteiger partial charge in [-0.05, 0) is 24.3 Å². The predicted octanol–water partition coefficient (Wildman–Crippen LogP) is 3.72. The highest BCUT2D eigenvalue weighted by atomic mass is 32.1. The van der Waals surface area contributed by atoms with Crippen molar-refractivity contribution in [2.75, 3.05) is 5.32 Å². The van der Waals surface area contributed by atoms with Gasteiger partial charge in [0, 0.05) is 12.6 Å². The maximum atomic E-state index is 13.1. The van der Waals surface area contributed by atoms with E-state index in [2.05, 4.69) is 20.5 Å². The number of alkyl halides is 3. The number of aromatic nitrogens is 4. The fourth-order valence-electron chi connectivity index (χ4n) is 2.96. The zero-order valence-corrected chi connectivity index (χ0v) is 16.1. The molecule has 4 rings (SSSR count). The molecule has 0 atom stereocenters. The van der Waals surface area contributed by atoms with Gasteiger partial charge in [-0.2, -0.15) is 13.2 Å². The van der Waals surface area contributed by atoms with Crippen LogP contribution in [0.3, 0.4) is 0 Å². The number of carbonyl (C=O) groups excluding carboxylic acids is 1. The maximum Gasteiger partial charge on any atom is 0.416 e. The van der Waals surface area contributed by atoms with Crippen molar-refractivity contribution in [1.82, 2.24) is 19.7 Å². The first-order chi connectivity index (χ1) is 14.3. The summed E-state index contributed by atoms with van der Waals surface area (Å²) in [6.07, 6.45) is -4.54. The molecule has 1 N–H and O–H groups in total. The summed E-state index contributed by atoms with van der Waals surface area (Å²) < 4.78 is 40.5. The normalized spacial score (nSPS) is 11.6. The van der Waals surface area contributed by atoms with E-state index in [0.717, 1.165) is 28.0 Å². The fourth-order valence-corrected chi connectivity index (χ4v) is 3.40. The number of amides is 1. The topological polar surface area (TPSA) is 89.8 Å². The van der Waals surface area contributed by atoms with Gasteiger partial charge in [-0.1, -0.05) is 29.5 Å². The molecule has 0 aliphatic heterocycles. The molecule has 0 radical (unpaired) electrons. The molecule has 0 spiro atoms. The summed E-state index contributed by atoms with van der Waals surface area (Å²) >= 11 is 1.11. The molecule has 152 valence electrons. The van der Waals surface area contributed by atoms with Crippen LogP contribution in [0.15, 0.2) is 52.8 Å². The zero-order chi connectivity index (χ0) is 21.5. The van der Waals surface area contributed by atoms with E-state index < -0.39 is 23.2 Å². The van der Waals surface area contributed by atoms with Gasteiger partial charge in [0.15, 0.2) is 0 Å². The van der Waals surface area contributed by atoms with Crippen molar-refractivity contribution in [2.24, 2.45) is 7.05 Å². The molecule has 30 heavy (non-hydrogen) atoms. The third-order valence-electron chi connectivity index (χ3n) is 4.38. The van der Waals surface area contributed by atoms with Crippen molar-refractivity contribution in [1.29, 1.82) is 0 Å². The number of benzene rings is 2. The van der Waals surface area contributed by atoms with Crippen molar-refractivity contribution in [3.05, 3.63) is 69.5 Å². The van der Waals surface area contributed by atoms with E-state index in [-0.39, 0.29) is 33.0 Å². The van der Waals surface area contributed by atoms with Crippen LogP contribution < -0.4 is 10.9 Å². The van der Waals surface area contributed by atoms with E-state index in [0.29, 0.717) is 0 Å². The lowest BCUT2D eigenvalue weighted by Crippen LogP contribution is -2.22. The molecular formula is C19H12F3N5O2S. The second kappa shape index (κ2) is 7.34. The summed E-state index contributed by atoms with van der Waals surface area (Å²) in [5.41, 5.74) is 0.363. The number of halogens is 3. The number of rotatable bonds is 3. The number of nitrogens with one attached hydrogen (secondary N) is 1. The fraction of sp³-hybridized carbons (Fsp3) is 0.105. The lowest BCUT2D eigenvalue weighted by Gasteiger charge is -2.13. The number of anilines is 1. The number of nitrogens with zero attached hydrogens (tertiary/aromatic N) is 4. The molecule has 0 saturated heterocycles. The molecule has 0 unspecified atom stereocenters. The Morgan fingerprint density at radius 1 is 1.17 bits per heavy atom. The first kappa shape index (κ1) is 19.7. The molecule has 7 nitrogen and oxygen atoms in total. The molecule has 11 heteroatoms. The molecule has 0 saturated carbocycles. The first-order valence-electron chi connectivity index (χ1n) is 8.50. The number of carbonyl (C=O) groups is 1. The van der Waals surface area contributed by atoms with Crippen molar-refractivity contribution < 1.29 is 18.0 Å². The van der Waals surface area contributed by atoms with Crippen LogP contribution in [0.5, 0.6) is 0 Å². The minimum Gasteiger partial charge on any atom is -0.296 e. The van der Waals surface area contributed by atoms with E-state index in [1.54, 1.807) is 0 Å². The van der Waals surface area contributed by atoms with Crippen molar-refractivity contribution in [2.45, 2.75) is 6.18 Å². The van der Waals surface area contributed by atoms with Crippen LogP contribution in [0.2, 0.25) is 0 Å². The molecule has 0 bridgehead atoms. The van der Waals surface area contributed by atoms with E-state index in [4.69, 9.17) is 0 Å². The number of hydrogen-bond donors (Lipinski definition) is 1. The number of hydrogen-bond acceptors (Lipinski definition) is 6. The lowest BCUT2D eigenvalue weighted by molar-refractivity contribution is -0.137. The van der Waals surface area contributed by atoms with Crippen LogP contribution in [0.25, 0.3) is 22.3 Å². The van der Waals surface area contributed by atoms with Crippen molar-refractivity contribution >= 4 is 33.3 Å². The number of fused-ring (bicyclic) bond motifs is 1. The maximum absolute atomic E-state index is 13.1. The lowest BCUT2D eigenvalue weighted by atomic mass is 10.1. The molecule has 2 aromatic heterocycles. The largest absolute Gasteiger partial charge is 0.416 e. The van der Waals surface area contributed by atoms with Crippen LogP contribution in [-0.4, -0.2) is 25.7 Å². The van der Waals surface area contributed by atoms with E-state index in [9.17, 15) is 22.8 Å². The summed E-state index contributed by atoms with van der Waals surface area (Å²) in [5.74, 6) is -0.553. The Bertz CT molecular complexity index is 1320. The van der Waals surface area contributed by atoms with Gasteiger partial charge < -0.3 is 0 Å². The molecule has 0 aliphatic carbocycles. The molecule has 2 heterocycles. The SMILES string of the molecule is Cn1c(-c2cccc(C(F)(F)F)c2)nc2c(C(=O)Nc3nncs3)cccc2c1=O. The van der Waals surface area contributed by atoms with Crippen LogP contribution in [0.4, 0.5) is 18.3 Å². The van der Waals surface area contributed by atoms with Gasteiger partial charge in [0.2, 0.25) is 5.13 Å². The summed E-state index contributed by atoms with van der Waals surface area (Å²) in [6.45, 7) is 0. The van der Waals surface area contributed by atoms with Gasteiger partial charge in [-0.25, -0.2) is 4.98 Å². The quantitative estimate of drug-likeness (QED) is 0.534. The average molecular weight is 431 g/mol. The summed E-state index contributed by atoms with van der Waals surface area (Å²) in [6, 6.07) is 9.02. The van der Waals surface area contributed by atoms with E-state index >= 15 is 0 Å². The Morgan fingerprint density at radius 2 is 1.93 bits per heavy atom. The highest BCUT2D eigenvalue weighted by Crippen LogP contribution is 2.32. The smallest absolute Gasteiger partial charge is 0.296 e. The van der Waals surface area contributed by atoms with Crippen LogP contribution >= 0.6 is 11.3 Å². The highest BCUT2D eigenvalue weighted by Gasteiger charge is 2.31. The first-order valence-corrected chi connectivity index (χ1v) is 9.38. The van der Waals surface area contributed by atoms with Gasteiger partial charge >= 0.3 is 6.18 Å². The minimum atomic E-state index is -4.54. The molecule has 1 amide bonds. The van der Waals surface area contributed by atoms with Gasteiger partial charge in [0.25, 0.3) is 11.5 Å².